The third-order valence-corrected chi connectivity index (χ3v) is 1.85. The maximum Gasteiger partial charge on any atom is 0.259 e. The molecule has 0 saturated carbocycles. The van der Waals surface area contributed by atoms with Gasteiger partial charge >= 0.3 is 0 Å². The highest BCUT2D eigenvalue weighted by Gasteiger charge is 2.13. The molecule has 0 spiro atoms. The average molecular weight is 181 g/mol. The fourth-order valence-electron chi connectivity index (χ4n) is 0.708. The monoisotopic (exact) mass is 181 g/mol. The summed E-state index contributed by atoms with van der Waals surface area (Å²) >= 11 is 0.912. The molecule has 0 fully saturated rings. The number of pyridine rings is 1. The number of carbonyl (C=O) groups is 2. The van der Waals surface area contributed by atoms with Crippen LogP contribution in [-0.4, -0.2) is 22.1 Å². The first-order chi connectivity index (χ1) is 5.75. The van der Waals surface area contributed by atoms with Crippen LogP contribution >= 0.6 is 11.8 Å². The molecule has 1 rings (SSSR count). The third-order valence-electron chi connectivity index (χ3n) is 1.29. The van der Waals surface area contributed by atoms with Gasteiger partial charge in [0.1, 0.15) is 0 Å². The summed E-state index contributed by atoms with van der Waals surface area (Å²) in [6, 6.07) is 3.20. The molecule has 1 aromatic heterocycles. The molecule has 0 saturated heterocycles. The molecule has 1 aromatic rings. The maximum atomic E-state index is 11.2. The van der Waals surface area contributed by atoms with E-state index in [1.54, 1.807) is 24.6 Å². The van der Waals surface area contributed by atoms with E-state index in [1.807, 2.05) is 0 Å². The van der Waals surface area contributed by atoms with Gasteiger partial charge < -0.3 is 0 Å². The summed E-state index contributed by atoms with van der Waals surface area (Å²) in [7, 11) is 0. The van der Waals surface area contributed by atoms with Crippen molar-refractivity contribution in [2.24, 2.45) is 0 Å². The maximum absolute atomic E-state index is 11.2. The van der Waals surface area contributed by atoms with Crippen molar-refractivity contribution in [1.82, 2.24) is 4.98 Å². The number of ketones is 1. The van der Waals surface area contributed by atoms with Gasteiger partial charge in [-0.25, -0.2) is 0 Å². The highest BCUT2D eigenvalue weighted by atomic mass is 32.2. The normalized spacial score (nSPS) is 9.42. The molecule has 0 bridgehead atoms. The molecule has 0 unspecified atom stereocenters. The van der Waals surface area contributed by atoms with E-state index in [0.29, 0.717) is 5.56 Å². The first-order valence-corrected chi connectivity index (χ1v) is 4.51. The van der Waals surface area contributed by atoms with Crippen molar-refractivity contribution in [3.05, 3.63) is 30.1 Å². The predicted octanol–water partition coefficient (Wildman–Crippen LogP) is 1.15. The van der Waals surface area contributed by atoms with E-state index in [2.05, 4.69) is 4.98 Å². The Hall–Kier alpha value is -1.16. The van der Waals surface area contributed by atoms with Crippen molar-refractivity contribution in [3.8, 4) is 0 Å². The molecule has 62 valence electrons. The zero-order valence-corrected chi connectivity index (χ0v) is 7.30. The number of thioether (sulfide) groups is 1. The molecule has 4 heteroatoms. The average Bonchev–Trinajstić information content (AvgIpc) is 2.17. The zero-order chi connectivity index (χ0) is 8.97. The Morgan fingerprint density at radius 3 is 2.75 bits per heavy atom. The largest absolute Gasteiger partial charge is 0.284 e. The third kappa shape index (κ3) is 1.92. The molecule has 0 atom stereocenters. The van der Waals surface area contributed by atoms with Crippen LogP contribution in [0.15, 0.2) is 24.5 Å². The summed E-state index contributed by atoms with van der Waals surface area (Å²) in [5.74, 6) is -0.490. The standard InChI is InChI=1S/C8H7NO2S/c1-12-8(11)7(10)6-3-2-4-9-5-6/h2-5H,1H3. The van der Waals surface area contributed by atoms with Gasteiger partial charge in [-0.2, -0.15) is 0 Å². The SMILES string of the molecule is CSC(=O)C(=O)c1cccnc1. The van der Waals surface area contributed by atoms with Gasteiger partial charge in [0.05, 0.1) is 0 Å². The molecule has 0 N–H and O–H groups in total. The molecule has 1 heterocycles. The lowest BCUT2D eigenvalue weighted by molar-refractivity contribution is -0.107. The highest BCUT2D eigenvalue weighted by molar-refractivity contribution is 8.14. The number of Topliss-reactive ketones (excluding diaryl/α,β-unsaturated/α-hetero) is 1. The Labute approximate surface area is 74.2 Å². The van der Waals surface area contributed by atoms with Crippen LogP contribution in [0.2, 0.25) is 0 Å². The molecule has 0 aliphatic rings. The first kappa shape index (κ1) is 8.93. The van der Waals surface area contributed by atoms with Crippen LogP contribution in [0.4, 0.5) is 0 Å². The smallest absolute Gasteiger partial charge is 0.259 e. The van der Waals surface area contributed by atoms with Crippen molar-refractivity contribution < 1.29 is 9.59 Å². The molecular weight excluding hydrogens is 174 g/mol. The van der Waals surface area contributed by atoms with Gasteiger partial charge in [0.25, 0.3) is 5.12 Å². The Balaban J connectivity index is 2.86. The number of aromatic nitrogens is 1. The number of nitrogens with zero attached hydrogens (tertiary/aromatic N) is 1. The van der Waals surface area contributed by atoms with Crippen LogP contribution in [0.25, 0.3) is 0 Å². The lowest BCUT2D eigenvalue weighted by Crippen LogP contribution is -2.09. The second kappa shape index (κ2) is 4.01. The van der Waals surface area contributed by atoms with E-state index in [4.69, 9.17) is 0 Å². The van der Waals surface area contributed by atoms with Gasteiger partial charge in [-0.3, -0.25) is 14.6 Å². The fourth-order valence-corrected chi connectivity index (χ4v) is 1.01. The highest BCUT2D eigenvalue weighted by Crippen LogP contribution is 2.04. The minimum Gasteiger partial charge on any atom is -0.284 e. The Kier molecular flexibility index (Phi) is 2.99. The van der Waals surface area contributed by atoms with Crippen molar-refractivity contribution >= 4 is 22.7 Å². The number of rotatable bonds is 2. The second-order valence-corrected chi connectivity index (χ2v) is 2.84. The lowest BCUT2D eigenvalue weighted by Gasteiger charge is -1.94. The van der Waals surface area contributed by atoms with E-state index in [9.17, 15) is 9.59 Å². The van der Waals surface area contributed by atoms with Gasteiger partial charge in [-0.1, -0.05) is 11.8 Å². The second-order valence-electron chi connectivity index (χ2n) is 2.06. The van der Waals surface area contributed by atoms with Crippen LogP contribution in [-0.2, 0) is 4.79 Å². The molecule has 3 nitrogen and oxygen atoms in total. The van der Waals surface area contributed by atoms with Gasteiger partial charge in [-0.05, 0) is 18.4 Å². The van der Waals surface area contributed by atoms with E-state index >= 15 is 0 Å². The quantitative estimate of drug-likeness (QED) is 0.507. The summed E-state index contributed by atoms with van der Waals surface area (Å²) in [4.78, 5) is 25.8. The Morgan fingerprint density at radius 1 is 1.50 bits per heavy atom. The molecule has 0 aliphatic carbocycles. The Morgan fingerprint density at radius 2 is 2.25 bits per heavy atom. The number of hydrogen-bond donors (Lipinski definition) is 0. The molecule has 0 aliphatic heterocycles. The van der Waals surface area contributed by atoms with Crippen LogP contribution in [0.3, 0.4) is 0 Å². The first-order valence-electron chi connectivity index (χ1n) is 3.28. The van der Waals surface area contributed by atoms with E-state index in [-0.39, 0.29) is 0 Å². The number of hydrogen-bond acceptors (Lipinski definition) is 4. The molecule has 0 aromatic carbocycles. The van der Waals surface area contributed by atoms with Crippen LogP contribution in [0, 0.1) is 0 Å². The molecule has 12 heavy (non-hydrogen) atoms. The lowest BCUT2D eigenvalue weighted by atomic mass is 10.2. The van der Waals surface area contributed by atoms with Crippen molar-refractivity contribution in [1.29, 1.82) is 0 Å². The fraction of sp³-hybridized carbons (Fsp3) is 0.125. The van der Waals surface area contributed by atoms with Gasteiger partial charge in [0.15, 0.2) is 0 Å². The minimum absolute atomic E-state index is 0.344. The van der Waals surface area contributed by atoms with Crippen LogP contribution in [0.1, 0.15) is 10.4 Å². The predicted molar refractivity (Wildman–Crippen MR) is 47.1 cm³/mol. The van der Waals surface area contributed by atoms with Crippen LogP contribution in [0.5, 0.6) is 0 Å². The summed E-state index contributed by atoms with van der Waals surface area (Å²) in [5, 5.41) is -0.456. The zero-order valence-electron chi connectivity index (χ0n) is 6.48. The van der Waals surface area contributed by atoms with Gasteiger partial charge in [0, 0.05) is 18.0 Å². The summed E-state index contributed by atoms with van der Waals surface area (Å²) in [6.45, 7) is 0. The number of carbonyl (C=O) groups excluding carboxylic acids is 2. The summed E-state index contributed by atoms with van der Waals surface area (Å²) in [5.41, 5.74) is 0.344. The van der Waals surface area contributed by atoms with Crippen LogP contribution < -0.4 is 0 Å². The summed E-state index contributed by atoms with van der Waals surface area (Å²) < 4.78 is 0. The van der Waals surface area contributed by atoms with Gasteiger partial charge in [-0.15, -0.1) is 0 Å². The minimum atomic E-state index is -0.490. The van der Waals surface area contributed by atoms with E-state index in [1.165, 1.54) is 6.20 Å². The Bertz CT molecular complexity index is 297. The molecule has 0 amide bonds. The van der Waals surface area contributed by atoms with E-state index in [0.717, 1.165) is 11.8 Å². The molecule has 0 radical (unpaired) electrons. The van der Waals surface area contributed by atoms with E-state index < -0.39 is 10.9 Å². The van der Waals surface area contributed by atoms with Crippen molar-refractivity contribution in [2.45, 2.75) is 0 Å². The molecular formula is C8H7NO2S. The van der Waals surface area contributed by atoms with Gasteiger partial charge in [0.2, 0.25) is 5.78 Å². The van der Waals surface area contributed by atoms with Crippen molar-refractivity contribution in [3.63, 3.8) is 0 Å². The van der Waals surface area contributed by atoms with Crippen molar-refractivity contribution in [2.75, 3.05) is 6.26 Å². The topological polar surface area (TPSA) is 47.0 Å². The summed E-state index contributed by atoms with van der Waals surface area (Å²) in [6.07, 6.45) is 4.52.